The molecular formula is C25H29F2NO6. The van der Waals surface area contributed by atoms with E-state index in [0.29, 0.717) is 5.75 Å². The molecule has 184 valence electrons. The molecule has 0 aliphatic heterocycles. The first-order valence-corrected chi connectivity index (χ1v) is 11.3. The number of aliphatic hydroxyl groups excluding tert-OH is 2. The Kier molecular flexibility index (Phi) is 7.47. The SMILES string of the molecule is COc1cccc(CO[C@]2(C(=O)NC3CC3)CC(OCc3c(F)cccc3F)[C@H](O)[C@H](O)C2)c1. The zero-order chi connectivity index (χ0) is 24.3. The van der Waals surface area contributed by atoms with E-state index >= 15 is 0 Å². The molecule has 3 N–H and O–H groups in total. The molecule has 2 aliphatic rings. The lowest BCUT2D eigenvalue weighted by Crippen LogP contribution is -2.60. The second kappa shape index (κ2) is 10.4. The first-order valence-electron chi connectivity index (χ1n) is 11.3. The Balaban J connectivity index is 1.54. The molecule has 7 nitrogen and oxygen atoms in total. The number of nitrogens with one attached hydrogen (secondary N) is 1. The zero-order valence-corrected chi connectivity index (χ0v) is 18.9. The van der Waals surface area contributed by atoms with Crippen LogP contribution in [0.4, 0.5) is 8.78 Å². The van der Waals surface area contributed by atoms with Crippen molar-refractivity contribution in [3.63, 3.8) is 0 Å². The fourth-order valence-electron chi connectivity index (χ4n) is 4.15. The molecule has 4 atom stereocenters. The maximum atomic E-state index is 14.0. The summed E-state index contributed by atoms with van der Waals surface area (Å²) in [5.41, 5.74) is -1.03. The minimum Gasteiger partial charge on any atom is -0.497 e. The lowest BCUT2D eigenvalue weighted by Gasteiger charge is -2.44. The van der Waals surface area contributed by atoms with Crippen molar-refractivity contribution < 1.29 is 38.0 Å². The average molecular weight is 478 g/mol. The van der Waals surface area contributed by atoms with Crippen LogP contribution in [0.25, 0.3) is 0 Å². The fraction of sp³-hybridized carbons (Fsp3) is 0.480. The molecule has 0 spiro atoms. The van der Waals surface area contributed by atoms with Crippen LogP contribution in [-0.2, 0) is 27.5 Å². The third-order valence-electron chi connectivity index (χ3n) is 6.32. The monoisotopic (exact) mass is 477 g/mol. The summed E-state index contributed by atoms with van der Waals surface area (Å²) in [6, 6.07) is 10.7. The van der Waals surface area contributed by atoms with Crippen LogP contribution in [0.15, 0.2) is 42.5 Å². The molecule has 9 heteroatoms. The molecule has 0 bridgehead atoms. The summed E-state index contributed by atoms with van der Waals surface area (Å²) in [7, 11) is 1.55. The number of ether oxygens (including phenoxy) is 3. The van der Waals surface area contributed by atoms with E-state index in [2.05, 4.69) is 5.32 Å². The number of carbonyl (C=O) groups is 1. The number of amides is 1. The van der Waals surface area contributed by atoms with Gasteiger partial charge in [0.1, 0.15) is 23.5 Å². The maximum Gasteiger partial charge on any atom is 0.252 e. The number of rotatable bonds is 9. The van der Waals surface area contributed by atoms with Gasteiger partial charge in [-0.05, 0) is 42.7 Å². The topological polar surface area (TPSA) is 97.3 Å². The number of benzene rings is 2. The van der Waals surface area contributed by atoms with Crippen molar-refractivity contribution in [2.45, 2.75) is 68.9 Å². The van der Waals surface area contributed by atoms with Gasteiger partial charge in [0.15, 0.2) is 5.60 Å². The Hall–Kier alpha value is -2.59. The van der Waals surface area contributed by atoms with Crippen LogP contribution in [-0.4, -0.2) is 53.2 Å². The largest absolute Gasteiger partial charge is 0.497 e. The molecule has 2 aromatic carbocycles. The zero-order valence-electron chi connectivity index (χ0n) is 18.9. The maximum absolute atomic E-state index is 14.0. The van der Waals surface area contributed by atoms with Gasteiger partial charge >= 0.3 is 0 Å². The van der Waals surface area contributed by atoms with Crippen LogP contribution in [0.2, 0.25) is 0 Å². The second-order valence-corrected chi connectivity index (χ2v) is 8.90. The molecule has 1 amide bonds. The number of methoxy groups -OCH3 is 1. The number of hydrogen-bond acceptors (Lipinski definition) is 6. The van der Waals surface area contributed by atoms with E-state index in [1.54, 1.807) is 25.3 Å². The minimum atomic E-state index is -1.50. The Bertz CT molecular complexity index is 996. The molecule has 0 heterocycles. The molecule has 4 rings (SSSR count). The van der Waals surface area contributed by atoms with E-state index in [1.165, 1.54) is 6.07 Å². The smallest absolute Gasteiger partial charge is 0.252 e. The number of carbonyl (C=O) groups excluding carboxylic acids is 1. The highest BCUT2D eigenvalue weighted by atomic mass is 19.1. The molecule has 0 radical (unpaired) electrons. The molecule has 2 saturated carbocycles. The van der Waals surface area contributed by atoms with Gasteiger partial charge in [0.2, 0.25) is 0 Å². The van der Waals surface area contributed by atoms with Crippen molar-refractivity contribution in [1.82, 2.24) is 5.32 Å². The summed E-state index contributed by atoms with van der Waals surface area (Å²) in [5.74, 6) is -1.34. The van der Waals surface area contributed by atoms with E-state index in [9.17, 15) is 23.8 Å². The van der Waals surface area contributed by atoms with E-state index in [4.69, 9.17) is 14.2 Å². The van der Waals surface area contributed by atoms with Crippen LogP contribution in [0, 0.1) is 11.6 Å². The van der Waals surface area contributed by atoms with Crippen molar-refractivity contribution in [3.8, 4) is 5.75 Å². The minimum absolute atomic E-state index is 0.0423. The molecule has 2 aliphatic carbocycles. The van der Waals surface area contributed by atoms with Crippen LogP contribution in [0.5, 0.6) is 5.75 Å². The second-order valence-electron chi connectivity index (χ2n) is 8.90. The van der Waals surface area contributed by atoms with E-state index < -0.39 is 48.1 Å². The molecule has 34 heavy (non-hydrogen) atoms. The van der Waals surface area contributed by atoms with Gasteiger partial charge in [0.05, 0.1) is 32.5 Å². The van der Waals surface area contributed by atoms with E-state index in [1.807, 2.05) is 6.07 Å². The summed E-state index contributed by atoms with van der Waals surface area (Å²) < 4.78 is 45.1. The Labute approximate surface area is 196 Å². The van der Waals surface area contributed by atoms with Gasteiger partial charge < -0.3 is 29.7 Å². The van der Waals surface area contributed by atoms with Crippen molar-refractivity contribution >= 4 is 5.91 Å². The van der Waals surface area contributed by atoms with E-state index in [-0.39, 0.29) is 31.1 Å². The standard InChI is InChI=1S/C25H29F2NO6/c1-32-17-5-2-4-15(10-17)13-34-25(24(31)28-16-8-9-16)11-21(29)23(30)22(12-25)33-14-18-19(26)6-3-7-20(18)27/h2-7,10,16,21-23,29-30H,8-9,11-14H2,1H3,(H,28,31)/t21-,22?,23-,25+/m1/s1. The molecule has 2 fully saturated rings. The normalized spacial score (nSPS) is 26.8. The first-order chi connectivity index (χ1) is 16.3. The van der Waals surface area contributed by atoms with E-state index in [0.717, 1.165) is 30.5 Å². The fourth-order valence-corrected chi connectivity index (χ4v) is 4.15. The van der Waals surface area contributed by atoms with Crippen molar-refractivity contribution in [3.05, 3.63) is 65.2 Å². The summed E-state index contributed by atoms with van der Waals surface area (Å²) in [5, 5.41) is 24.1. The van der Waals surface area contributed by atoms with Gasteiger partial charge in [-0.3, -0.25) is 4.79 Å². The molecule has 1 unspecified atom stereocenters. The van der Waals surface area contributed by atoms with Crippen molar-refractivity contribution in [2.24, 2.45) is 0 Å². The third-order valence-corrected chi connectivity index (χ3v) is 6.32. The van der Waals surface area contributed by atoms with Gasteiger partial charge in [-0.25, -0.2) is 8.78 Å². The number of hydrogen-bond donors (Lipinski definition) is 3. The lowest BCUT2D eigenvalue weighted by molar-refractivity contribution is -0.200. The predicted molar refractivity (Wildman–Crippen MR) is 118 cm³/mol. The molecule has 0 saturated heterocycles. The van der Waals surface area contributed by atoms with Crippen LogP contribution >= 0.6 is 0 Å². The summed E-state index contributed by atoms with van der Waals surface area (Å²) in [6.45, 7) is -0.421. The first kappa shape index (κ1) is 24.5. The average Bonchev–Trinajstić information content (AvgIpc) is 3.64. The predicted octanol–water partition coefficient (Wildman–Crippen LogP) is 2.61. The van der Waals surface area contributed by atoms with Crippen molar-refractivity contribution in [2.75, 3.05) is 7.11 Å². The van der Waals surface area contributed by atoms with Crippen LogP contribution in [0.3, 0.4) is 0 Å². The number of aliphatic hydroxyl groups is 2. The number of halogens is 2. The van der Waals surface area contributed by atoms with Gasteiger partial charge in [-0.1, -0.05) is 18.2 Å². The molecule has 2 aromatic rings. The van der Waals surface area contributed by atoms with Gasteiger partial charge in [0, 0.05) is 24.4 Å². The quantitative estimate of drug-likeness (QED) is 0.514. The lowest BCUT2D eigenvalue weighted by atomic mass is 9.78. The summed E-state index contributed by atoms with van der Waals surface area (Å²) >= 11 is 0. The molecule has 0 aromatic heterocycles. The highest BCUT2D eigenvalue weighted by molar-refractivity contribution is 5.86. The summed E-state index contributed by atoms with van der Waals surface area (Å²) in [4.78, 5) is 13.3. The third kappa shape index (κ3) is 5.55. The Morgan fingerprint density at radius 3 is 2.47 bits per heavy atom. The van der Waals surface area contributed by atoms with Crippen LogP contribution in [0.1, 0.15) is 36.8 Å². The summed E-state index contributed by atoms with van der Waals surface area (Å²) in [6.07, 6.45) is -2.30. The Morgan fingerprint density at radius 1 is 1.09 bits per heavy atom. The van der Waals surface area contributed by atoms with Gasteiger partial charge in [0.25, 0.3) is 5.91 Å². The highest BCUT2D eigenvalue weighted by Crippen LogP contribution is 2.37. The van der Waals surface area contributed by atoms with Gasteiger partial charge in [-0.2, -0.15) is 0 Å². The Morgan fingerprint density at radius 2 is 1.79 bits per heavy atom. The van der Waals surface area contributed by atoms with Crippen LogP contribution < -0.4 is 10.1 Å². The highest BCUT2D eigenvalue weighted by Gasteiger charge is 2.52. The van der Waals surface area contributed by atoms with Gasteiger partial charge in [-0.15, -0.1) is 0 Å². The molecular weight excluding hydrogens is 448 g/mol. The van der Waals surface area contributed by atoms with Crippen molar-refractivity contribution in [1.29, 1.82) is 0 Å².